The van der Waals surface area contributed by atoms with Crippen LogP contribution in [0.15, 0.2) is 84.0 Å². The van der Waals surface area contributed by atoms with E-state index in [1.807, 2.05) is 55.5 Å². The van der Waals surface area contributed by atoms with E-state index in [0.717, 1.165) is 22.6 Å². The Hall–Kier alpha value is -4.92. The molecule has 0 bridgehead atoms. The summed E-state index contributed by atoms with van der Waals surface area (Å²) in [7, 11) is 2.81. The lowest BCUT2D eigenvalue weighted by Gasteiger charge is -2.12. The second kappa shape index (κ2) is 10.6. The maximum Gasteiger partial charge on any atom is 0.282 e. The van der Waals surface area contributed by atoms with E-state index in [9.17, 15) is 14.9 Å². The highest BCUT2D eigenvalue weighted by atomic mass is 16.6. The smallest absolute Gasteiger partial charge is 0.282 e. The first-order valence-electron chi connectivity index (χ1n) is 11.0. The van der Waals surface area contributed by atoms with Crippen molar-refractivity contribution in [3.8, 4) is 28.4 Å². The number of benzene rings is 3. The van der Waals surface area contributed by atoms with Crippen molar-refractivity contribution in [1.29, 1.82) is 0 Å². The van der Waals surface area contributed by atoms with Crippen LogP contribution in [-0.2, 0) is 0 Å². The van der Waals surface area contributed by atoms with E-state index in [4.69, 9.17) is 9.47 Å². The van der Waals surface area contributed by atoms with Gasteiger partial charge in [-0.3, -0.25) is 14.9 Å². The van der Waals surface area contributed by atoms with Crippen LogP contribution >= 0.6 is 0 Å². The van der Waals surface area contributed by atoms with Crippen LogP contribution in [0.4, 0.5) is 5.69 Å². The SMILES string of the molecule is COc1cc(/C=N/NC(=O)c2ccc(-n3c(C)ccc3-c3ccccc3)cc2)c([N+](=O)[O-])cc1OC. The molecule has 9 nitrogen and oxygen atoms in total. The van der Waals surface area contributed by atoms with Crippen molar-refractivity contribution < 1.29 is 19.2 Å². The molecule has 0 saturated carbocycles. The Labute approximate surface area is 207 Å². The van der Waals surface area contributed by atoms with Crippen molar-refractivity contribution in [2.45, 2.75) is 6.92 Å². The molecule has 9 heteroatoms. The van der Waals surface area contributed by atoms with E-state index in [1.165, 1.54) is 32.6 Å². The van der Waals surface area contributed by atoms with Crippen molar-refractivity contribution in [3.05, 3.63) is 106 Å². The number of carbonyl (C=O) groups is 1. The minimum atomic E-state index is -0.559. The zero-order valence-electron chi connectivity index (χ0n) is 20.0. The first kappa shape index (κ1) is 24.2. The van der Waals surface area contributed by atoms with Gasteiger partial charge in [-0.1, -0.05) is 30.3 Å². The lowest BCUT2D eigenvalue weighted by molar-refractivity contribution is -0.385. The van der Waals surface area contributed by atoms with E-state index < -0.39 is 10.8 Å². The van der Waals surface area contributed by atoms with Crippen molar-refractivity contribution in [1.82, 2.24) is 9.99 Å². The molecule has 0 aliphatic heterocycles. The van der Waals surface area contributed by atoms with Gasteiger partial charge in [0.25, 0.3) is 11.6 Å². The summed E-state index contributed by atoms with van der Waals surface area (Å²) in [6.07, 6.45) is 1.20. The number of nitro groups is 1. The van der Waals surface area contributed by atoms with E-state index >= 15 is 0 Å². The lowest BCUT2D eigenvalue weighted by atomic mass is 10.1. The van der Waals surface area contributed by atoms with Crippen molar-refractivity contribution >= 4 is 17.8 Å². The summed E-state index contributed by atoms with van der Waals surface area (Å²) in [4.78, 5) is 23.5. The molecular formula is C27H24N4O5. The van der Waals surface area contributed by atoms with Crippen LogP contribution in [0.1, 0.15) is 21.6 Å². The van der Waals surface area contributed by atoms with Gasteiger partial charge in [-0.05, 0) is 55.0 Å². The Balaban J connectivity index is 1.53. The van der Waals surface area contributed by atoms with Gasteiger partial charge in [-0.15, -0.1) is 0 Å². The molecule has 1 heterocycles. The Morgan fingerprint density at radius 3 is 2.28 bits per heavy atom. The monoisotopic (exact) mass is 484 g/mol. The number of hydrogen-bond donors (Lipinski definition) is 1. The molecule has 36 heavy (non-hydrogen) atoms. The van der Waals surface area contributed by atoms with Crippen LogP contribution in [0.25, 0.3) is 16.9 Å². The number of aryl methyl sites for hydroxylation is 1. The number of hydrogen-bond acceptors (Lipinski definition) is 6. The highest BCUT2D eigenvalue weighted by Crippen LogP contribution is 2.33. The third kappa shape index (κ3) is 4.95. The summed E-state index contributed by atoms with van der Waals surface area (Å²) >= 11 is 0. The summed E-state index contributed by atoms with van der Waals surface area (Å²) in [5.74, 6) is 0.0777. The van der Waals surface area contributed by atoms with Gasteiger partial charge in [0.05, 0.1) is 42.7 Å². The molecule has 4 aromatic rings. The number of nitrogens with zero attached hydrogens (tertiary/aromatic N) is 3. The maximum absolute atomic E-state index is 12.6. The van der Waals surface area contributed by atoms with Gasteiger partial charge in [0, 0.05) is 16.9 Å². The quantitative estimate of drug-likeness (QED) is 0.212. The number of rotatable bonds is 8. The summed E-state index contributed by atoms with van der Waals surface area (Å²) in [6.45, 7) is 2.02. The van der Waals surface area contributed by atoms with Crippen LogP contribution in [0.2, 0.25) is 0 Å². The molecule has 3 aromatic carbocycles. The molecule has 4 rings (SSSR count). The van der Waals surface area contributed by atoms with Gasteiger partial charge >= 0.3 is 0 Å². The Bertz CT molecular complexity index is 1430. The molecule has 1 aromatic heterocycles. The highest BCUT2D eigenvalue weighted by Gasteiger charge is 2.18. The van der Waals surface area contributed by atoms with Crippen LogP contribution in [0.5, 0.6) is 11.5 Å². The second-order valence-electron chi connectivity index (χ2n) is 7.83. The lowest BCUT2D eigenvalue weighted by Crippen LogP contribution is -2.17. The molecule has 0 atom stereocenters. The highest BCUT2D eigenvalue weighted by molar-refractivity contribution is 5.95. The van der Waals surface area contributed by atoms with E-state index in [-0.39, 0.29) is 17.0 Å². The normalized spacial score (nSPS) is 10.9. The second-order valence-corrected chi connectivity index (χ2v) is 7.83. The van der Waals surface area contributed by atoms with Gasteiger partial charge in [-0.2, -0.15) is 5.10 Å². The van der Waals surface area contributed by atoms with Gasteiger partial charge in [0.1, 0.15) is 0 Å². The molecule has 1 amide bonds. The number of nitro benzene ring substituents is 1. The first-order valence-corrected chi connectivity index (χ1v) is 11.0. The number of aromatic nitrogens is 1. The third-order valence-corrected chi connectivity index (χ3v) is 5.63. The number of amides is 1. The molecule has 182 valence electrons. The molecular weight excluding hydrogens is 460 g/mol. The molecule has 0 fully saturated rings. The summed E-state index contributed by atoms with van der Waals surface area (Å²) < 4.78 is 12.4. The Morgan fingerprint density at radius 1 is 0.972 bits per heavy atom. The van der Waals surface area contributed by atoms with E-state index in [0.29, 0.717) is 11.3 Å². The fourth-order valence-electron chi connectivity index (χ4n) is 3.85. The van der Waals surface area contributed by atoms with E-state index in [2.05, 4.69) is 21.2 Å². The molecule has 1 N–H and O–H groups in total. The maximum atomic E-state index is 12.6. The molecule has 0 aliphatic rings. The van der Waals surface area contributed by atoms with Crippen LogP contribution < -0.4 is 14.9 Å². The van der Waals surface area contributed by atoms with Gasteiger partial charge in [0.15, 0.2) is 11.5 Å². The number of methoxy groups -OCH3 is 2. The van der Waals surface area contributed by atoms with E-state index in [1.54, 1.807) is 12.1 Å². The fourth-order valence-corrected chi connectivity index (χ4v) is 3.85. The molecule has 0 spiro atoms. The molecule has 0 aliphatic carbocycles. The van der Waals surface area contributed by atoms with Crippen molar-refractivity contribution in [2.75, 3.05) is 14.2 Å². The number of nitrogens with one attached hydrogen (secondary N) is 1. The number of hydrazone groups is 1. The molecule has 0 radical (unpaired) electrons. The van der Waals surface area contributed by atoms with Crippen LogP contribution in [-0.4, -0.2) is 35.8 Å². The molecule has 0 saturated heterocycles. The van der Waals surface area contributed by atoms with Gasteiger partial charge in [-0.25, -0.2) is 5.43 Å². The summed E-state index contributed by atoms with van der Waals surface area (Å²) in [6, 6.07) is 24.0. The average molecular weight is 485 g/mol. The zero-order chi connectivity index (χ0) is 25.7. The summed E-state index contributed by atoms with van der Waals surface area (Å²) in [5, 5.41) is 15.3. The molecule has 0 unspecified atom stereocenters. The Morgan fingerprint density at radius 2 is 1.64 bits per heavy atom. The van der Waals surface area contributed by atoms with Crippen LogP contribution in [0.3, 0.4) is 0 Å². The topological polar surface area (TPSA) is 108 Å². The number of carbonyl (C=O) groups excluding carboxylic acids is 1. The minimum Gasteiger partial charge on any atom is -0.493 e. The van der Waals surface area contributed by atoms with Gasteiger partial charge in [0.2, 0.25) is 0 Å². The predicted molar refractivity (Wildman–Crippen MR) is 137 cm³/mol. The number of ether oxygens (including phenoxy) is 2. The average Bonchev–Trinajstić information content (AvgIpc) is 3.29. The van der Waals surface area contributed by atoms with Crippen molar-refractivity contribution in [3.63, 3.8) is 0 Å². The van der Waals surface area contributed by atoms with Crippen LogP contribution in [0, 0.1) is 17.0 Å². The van der Waals surface area contributed by atoms with Crippen molar-refractivity contribution in [2.24, 2.45) is 5.10 Å². The largest absolute Gasteiger partial charge is 0.493 e. The first-order chi connectivity index (χ1) is 17.4. The minimum absolute atomic E-state index is 0.157. The zero-order valence-corrected chi connectivity index (χ0v) is 20.0. The Kier molecular flexibility index (Phi) is 7.10. The predicted octanol–water partition coefficient (Wildman–Crippen LogP) is 5.14. The summed E-state index contributed by atoms with van der Waals surface area (Å²) in [5.41, 5.74) is 6.84. The van der Waals surface area contributed by atoms with Gasteiger partial charge < -0.3 is 14.0 Å². The fraction of sp³-hybridized carbons (Fsp3) is 0.111. The third-order valence-electron chi connectivity index (χ3n) is 5.63. The standard InChI is InChI=1S/C27H24N4O5/c1-18-9-14-23(19-7-5-4-6-8-19)30(18)22-12-10-20(11-13-22)27(32)29-28-17-21-15-25(35-2)26(36-3)16-24(21)31(33)34/h4-17H,1-3H3,(H,29,32)/b28-17+.